The highest BCUT2D eigenvalue weighted by atomic mass is 79.9. The number of benzene rings is 1. The molecule has 1 aliphatic heterocycles. The molecular formula is C14H20BrN3O. The fourth-order valence-electron chi connectivity index (χ4n) is 2.24. The molecular weight excluding hydrogens is 306 g/mol. The highest BCUT2D eigenvalue weighted by Gasteiger charge is 2.15. The maximum absolute atomic E-state index is 11.4. The van der Waals surface area contributed by atoms with Gasteiger partial charge in [0.15, 0.2) is 0 Å². The molecule has 1 aromatic rings. The molecule has 0 aliphatic carbocycles. The molecule has 2 rings (SSSR count). The monoisotopic (exact) mass is 325 g/mol. The summed E-state index contributed by atoms with van der Waals surface area (Å²) in [5.41, 5.74) is 2.41. The molecule has 0 spiro atoms. The molecule has 1 saturated heterocycles. The van der Waals surface area contributed by atoms with Crippen LogP contribution in [0.25, 0.3) is 0 Å². The molecule has 1 aliphatic rings. The fourth-order valence-corrected chi connectivity index (χ4v) is 2.95. The van der Waals surface area contributed by atoms with Gasteiger partial charge in [-0.25, -0.2) is 0 Å². The predicted molar refractivity (Wildman–Crippen MR) is 81.5 cm³/mol. The Kier molecular flexibility index (Phi) is 4.82. The third-order valence-electron chi connectivity index (χ3n) is 3.56. The van der Waals surface area contributed by atoms with E-state index < -0.39 is 0 Å². The van der Waals surface area contributed by atoms with Gasteiger partial charge in [-0.1, -0.05) is 22.0 Å². The molecule has 1 amide bonds. The minimum Gasteiger partial charge on any atom is -0.369 e. The van der Waals surface area contributed by atoms with E-state index in [0.29, 0.717) is 19.0 Å². The summed E-state index contributed by atoms with van der Waals surface area (Å²) in [7, 11) is 1.96. The van der Waals surface area contributed by atoms with Gasteiger partial charge in [-0.3, -0.25) is 4.79 Å². The van der Waals surface area contributed by atoms with Crippen molar-refractivity contribution in [3.8, 4) is 0 Å². The Morgan fingerprint density at radius 2 is 2.21 bits per heavy atom. The van der Waals surface area contributed by atoms with E-state index in [-0.39, 0.29) is 5.91 Å². The Balaban J connectivity index is 2.17. The highest BCUT2D eigenvalue weighted by Crippen LogP contribution is 2.28. The summed E-state index contributed by atoms with van der Waals surface area (Å²) in [6.45, 7) is 4.48. The summed E-state index contributed by atoms with van der Waals surface area (Å²) < 4.78 is 1.11. The minimum absolute atomic E-state index is 0.141. The SMILES string of the molecule is CNC(C)c1ccc(N2CCNC(=O)CC2)cc1Br. The van der Waals surface area contributed by atoms with E-state index in [0.717, 1.165) is 23.2 Å². The topological polar surface area (TPSA) is 44.4 Å². The maximum atomic E-state index is 11.4. The lowest BCUT2D eigenvalue weighted by Gasteiger charge is -2.23. The van der Waals surface area contributed by atoms with Gasteiger partial charge in [0, 0.05) is 42.3 Å². The smallest absolute Gasteiger partial charge is 0.221 e. The fraction of sp³-hybridized carbons (Fsp3) is 0.500. The number of nitrogens with zero attached hydrogens (tertiary/aromatic N) is 1. The molecule has 1 aromatic carbocycles. The lowest BCUT2D eigenvalue weighted by atomic mass is 10.1. The van der Waals surface area contributed by atoms with Crippen molar-refractivity contribution in [2.24, 2.45) is 0 Å². The third kappa shape index (κ3) is 3.48. The third-order valence-corrected chi connectivity index (χ3v) is 4.25. The molecule has 0 radical (unpaired) electrons. The average molecular weight is 326 g/mol. The summed E-state index contributed by atoms with van der Waals surface area (Å²) in [5, 5.41) is 6.13. The molecule has 1 unspecified atom stereocenters. The van der Waals surface area contributed by atoms with E-state index in [4.69, 9.17) is 0 Å². The van der Waals surface area contributed by atoms with Crippen LogP contribution in [-0.4, -0.2) is 32.6 Å². The van der Waals surface area contributed by atoms with E-state index in [1.165, 1.54) is 5.56 Å². The largest absolute Gasteiger partial charge is 0.369 e. The zero-order valence-corrected chi connectivity index (χ0v) is 13.0. The van der Waals surface area contributed by atoms with Gasteiger partial charge in [0.1, 0.15) is 0 Å². The Morgan fingerprint density at radius 1 is 1.42 bits per heavy atom. The first-order valence-electron chi connectivity index (χ1n) is 6.60. The molecule has 0 aromatic heterocycles. The first kappa shape index (κ1) is 14.3. The van der Waals surface area contributed by atoms with Crippen LogP contribution in [0.4, 0.5) is 5.69 Å². The van der Waals surface area contributed by atoms with Gasteiger partial charge >= 0.3 is 0 Å². The number of rotatable bonds is 3. The number of anilines is 1. The van der Waals surface area contributed by atoms with Crippen LogP contribution in [0.3, 0.4) is 0 Å². The van der Waals surface area contributed by atoms with Crippen molar-refractivity contribution >= 4 is 27.5 Å². The van der Waals surface area contributed by atoms with Crippen molar-refractivity contribution in [2.75, 3.05) is 31.6 Å². The van der Waals surface area contributed by atoms with Crippen molar-refractivity contribution in [2.45, 2.75) is 19.4 Å². The van der Waals surface area contributed by atoms with Gasteiger partial charge in [-0.05, 0) is 31.7 Å². The Morgan fingerprint density at radius 3 is 2.89 bits per heavy atom. The molecule has 1 atom stereocenters. The first-order valence-corrected chi connectivity index (χ1v) is 7.39. The standard InChI is InChI=1S/C14H20BrN3O/c1-10(16-2)12-4-3-11(9-13(12)15)18-7-5-14(19)17-6-8-18/h3-4,9-10,16H,5-8H2,1-2H3,(H,17,19). The quantitative estimate of drug-likeness (QED) is 0.894. The van der Waals surface area contributed by atoms with Crippen LogP contribution in [-0.2, 0) is 4.79 Å². The second-order valence-electron chi connectivity index (χ2n) is 4.80. The van der Waals surface area contributed by atoms with Crippen molar-refractivity contribution in [1.29, 1.82) is 0 Å². The number of carbonyl (C=O) groups is 1. The molecule has 1 heterocycles. The van der Waals surface area contributed by atoms with Gasteiger partial charge in [-0.15, -0.1) is 0 Å². The molecule has 1 fully saturated rings. The summed E-state index contributed by atoms with van der Waals surface area (Å²) in [5.74, 6) is 0.141. The number of halogens is 1. The Hall–Kier alpha value is -1.07. The van der Waals surface area contributed by atoms with E-state index in [1.54, 1.807) is 0 Å². The molecule has 0 saturated carbocycles. The minimum atomic E-state index is 0.141. The first-order chi connectivity index (χ1) is 9.11. The van der Waals surface area contributed by atoms with Crippen LogP contribution >= 0.6 is 15.9 Å². The lowest BCUT2D eigenvalue weighted by Crippen LogP contribution is -2.28. The van der Waals surface area contributed by atoms with Crippen molar-refractivity contribution < 1.29 is 4.79 Å². The molecule has 104 valence electrons. The second kappa shape index (κ2) is 6.39. The van der Waals surface area contributed by atoms with Gasteiger partial charge < -0.3 is 15.5 Å². The van der Waals surface area contributed by atoms with Gasteiger partial charge in [0.05, 0.1) is 0 Å². The number of amides is 1. The Bertz CT molecular complexity index is 464. The zero-order chi connectivity index (χ0) is 13.8. The van der Waals surface area contributed by atoms with Gasteiger partial charge in [-0.2, -0.15) is 0 Å². The van der Waals surface area contributed by atoms with Crippen molar-refractivity contribution in [3.05, 3.63) is 28.2 Å². The molecule has 19 heavy (non-hydrogen) atoms. The zero-order valence-electron chi connectivity index (χ0n) is 11.4. The van der Waals surface area contributed by atoms with Crippen LogP contribution in [0, 0.1) is 0 Å². The van der Waals surface area contributed by atoms with Crippen LogP contribution in [0.2, 0.25) is 0 Å². The molecule has 4 nitrogen and oxygen atoms in total. The average Bonchev–Trinajstić information content (AvgIpc) is 2.62. The van der Waals surface area contributed by atoms with Crippen LogP contribution in [0.15, 0.2) is 22.7 Å². The Labute approximate surface area is 122 Å². The van der Waals surface area contributed by atoms with Crippen molar-refractivity contribution in [3.63, 3.8) is 0 Å². The van der Waals surface area contributed by atoms with E-state index in [1.807, 2.05) is 7.05 Å². The number of hydrogen-bond acceptors (Lipinski definition) is 3. The molecule has 5 heteroatoms. The van der Waals surface area contributed by atoms with Crippen LogP contribution < -0.4 is 15.5 Å². The van der Waals surface area contributed by atoms with Gasteiger partial charge in [0.2, 0.25) is 5.91 Å². The van der Waals surface area contributed by atoms with Crippen LogP contribution in [0.5, 0.6) is 0 Å². The van der Waals surface area contributed by atoms with E-state index >= 15 is 0 Å². The number of hydrogen-bond donors (Lipinski definition) is 2. The number of carbonyl (C=O) groups excluding carboxylic acids is 1. The summed E-state index contributed by atoms with van der Waals surface area (Å²) in [6, 6.07) is 6.72. The summed E-state index contributed by atoms with van der Waals surface area (Å²) in [6.07, 6.45) is 0.562. The van der Waals surface area contributed by atoms with Crippen molar-refractivity contribution in [1.82, 2.24) is 10.6 Å². The second-order valence-corrected chi connectivity index (χ2v) is 5.66. The lowest BCUT2D eigenvalue weighted by molar-refractivity contribution is -0.120. The van der Waals surface area contributed by atoms with E-state index in [2.05, 4.69) is 56.6 Å². The summed E-state index contributed by atoms with van der Waals surface area (Å²) >= 11 is 3.64. The maximum Gasteiger partial charge on any atom is 0.221 e. The highest BCUT2D eigenvalue weighted by molar-refractivity contribution is 9.10. The molecule has 2 N–H and O–H groups in total. The number of nitrogens with one attached hydrogen (secondary N) is 2. The van der Waals surface area contributed by atoms with Crippen LogP contribution in [0.1, 0.15) is 24.9 Å². The normalized spacial score (nSPS) is 17.8. The predicted octanol–water partition coefficient (Wildman–Crippen LogP) is 2.06. The molecule has 0 bridgehead atoms. The summed E-state index contributed by atoms with van der Waals surface area (Å²) in [4.78, 5) is 13.6. The van der Waals surface area contributed by atoms with E-state index in [9.17, 15) is 4.79 Å². The van der Waals surface area contributed by atoms with Gasteiger partial charge in [0.25, 0.3) is 0 Å².